The first kappa shape index (κ1) is 28.8. The number of hydrogen-bond acceptors (Lipinski definition) is 8. The van der Waals surface area contributed by atoms with Gasteiger partial charge in [0.2, 0.25) is 10.2 Å². The lowest BCUT2D eigenvalue weighted by atomic mass is 10.1. The predicted octanol–water partition coefficient (Wildman–Crippen LogP) is 5.09. The van der Waals surface area contributed by atoms with Gasteiger partial charge < -0.3 is 19.3 Å². The Morgan fingerprint density at radius 2 is 1.88 bits per heavy atom. The molecule has 1 saturated heterocycles. The molecule has 1 N–H and O–H groups in total. The molecule has 0 atom stereocenters. The van der Waals surface area contributed by atoms with Gasteiger partial charge in [0, 0.05) is 44.3 Å². The van der Waals surface area contributed by atoms with Crippen LogP contribution in [0.5, 0.6) is 5.75 Å². The van der Waals surface area contributed by atoms with Crippen molar-refractivity contribution in [1.82, 2.24) is 23.8 Å². The van der Waals surface area contributed by atoms with Crippen molar-refractivity contribution in [2.24, 2.45) is 0 Å². The van der Waals surface area contributed by atoms with Crippen molar-refractivity contribution in [3.05, 3.63) is 86.5 Å². The van der Waals surface area contributed by atoms with E-state index >= 15 is 4.39 Å². The van der Waals surface area contributed by atoms with Crippen LogP contribution in [0.4, 0.5) is 10.1 Å². The van der Waals surface area contributed by atoms with E-state index in [2.05, 4.69) is 4.90 Å². The molecule has 0 unspecified atom stereocenters. The molecule has 43 heavy (non-hydrogen) atoms. The summed E-state index contributed by atoms with van der Waals surface area (Å²) in [6.07, 6.45) is 1.33. The Bertz CT molecular complexity index is 1920. The lowest BCUT2D eigenvalue weighted by molar-refractivity contribution is 0.0695. The lowest BCUT2D eigenvalue weighted by Gasteiger charge is -2.36. The average Bonchev–Trinajstić information content (AvgIpc) is 3.66. The first-order chi connectivity index (χ1) is 20.8. The Morgan fingerprint density at radius 1 is 1.14 bits per heavy atom. The van der Waals surface area contributed by atoms with Gasteiger partial charge in [-0.15, -0.1) is 16.4 Å². The number of fused-ring (bicyclic) bond motifs is 1. The number of piperazine rings is 1. The van der Waals surface area contributed by atoms with Crippen molar-refractivity contribution in [2.45, 2.75) is 20.1 Å². The molecule has 0 aliphatic carbocycles. The van der Waals surface area contributed by atoms with Gasteiger partial charge in [-0.2, -0.15) is 0 Å². The number of rotatable bonds is 8. The van der Waals surface area contributed by atoms with E-state index in [1.54, 1.807) is 29.1 Å². The molecule has 0 amide bonds. The van der Waals surface area contributed by atoms with E-state index < -0.39 is 17.2 Å². The number of aromatic nitrogens is 4. The summed E-state index contributed by atoms with van der Waals surface area (Å²) in [6, 6.07) is 14.5. The minimum absolute atomic E-state index is 0.0602. The SMILES string of the molecule is CCn1cc(C(=O)O)c(=O)c2cc(F)c(N3CCN(Cn4nc(-c5cccs5)n(-c5ccc(OC)cc5)c4=S)CC3)cc21. The minimum Gasteiger partial charge on any atom is -0.497 e. The zero-order valence-electron chi connectivity index (χ0n) is 23.6. The summed E-state index contributed by atoms with van der Waals surface area (Å²) in [7, 11) is 1.63. The van der Waals surface area contributed by atoms with Gasteiger partial charge in [0.05, 0.1) is 35.5 Å². The van der Waals surface area contributed by atoms with Crippen LogP contribution in [-0.2, 0) is 13.2 Å². The number of halogens is 1. The van der Waals surface area contributed by atoms with Crippen LogP contribution in [-0.4, -0.2) is 68.2 Å². The summed E-state index contributed by atoms with van der Waals surface area (Å²) in [6.45, 7) is 5.15. The molecule has 222 valence electrons. The Morgan fingerprint density at radius 3 is 2.51 bits per heavy atom. The van der Waals surface area contributed by atoms with Crippen LogP contribution in [0.2, 0.25) is 0 Å². The van der Waals surface area contributed by atoms with Crippen LogP contribution in [0.25, 0.3) is 27.3 Å². The fourth-order valence-corrected chi connectivity index (χ4v) is 6.39. The number of nitrogens with zero attached hydrogens (tertiary/aromatic N) is 6. The molecule has 6 rings (SSSR count). The summed E-state index contributed by atoms with van der Waals surface area (Å²) in [5.74, 6) is -0.366. The molecule has 0 spiro atoms. The molecule has 1 fully saturated rings. The largest absolute Gasteiger partial charge is 0.497 e. The van der Waals surface area contributed by atoms with E-state index in [-0.39, 0.29) is 10.9 Å². The molecular formula is C30H29FN6O4S2. The Kier molecular flexibility index (Phi) is 7.86. The van der Waals surface area contributed by atoms with Gasteiger partial charge in [0.15, 0.2) is 5.82 Å². The van der Waals surface area contributed by atoms with Crippen molar-refractivity contribution in [2.75, 3.05) is 38.2 Å². The number of ether oxygens (including phenoxy) is 1. The Hall–Kier alpha value is -4.33. The topological polar surface area (TPSA) is 97.8 Å². The van der Waals surface area contributed by atoms with Crippen molar-refractivity contribution >= 4 is 46.1 Å². The third-order valence-corrected chi connectivity index (χ3v) is 8.94. The van der Waals surface area contributed by atoms with Gasteiger partial charge in [-0.3, -0.25) is 14.3 Å². The van der Waals surface area contributed by atoms with Crippen LogP contribution in [0, 0.1) is 10.6 Å². The third kappa shape index (κ3) is 5.35. The molecular weight excluding hydrogens is 592 g/mol. The van der Waals surface area contributed by atoms with Crippen molar-refractivity contribution < 1.29 is 19.0 Å². The highest BCUT2D eigenvalue weighted by Crippen LogP contribution is 2.29. The van der Waals surface area contributed by atoms with Crippen LogP contribution >= 0.6 is 23.6 Å². The molecule has 0 saturated carbocycles. The smallest absolute Gasteiger partial charge is 0.341 e. The highest BCUT2D eigenvalue weighted by molar-refractivity contribution is 7.71. The first-order valence-electron chi connectivity index (χ1n) is 13.7. The maximum Gasteiger partial charge on any atom is 0.341 e. The Labute approximate surface area is 255 Å². The monoisotopic (exact) mass is 620 g/mol. The summed E-state index contributed by atoms with van der Waals surface area (Å²) in [5.41, 5.74) is 0.726. The lowest BCUT2D eigenvalue weighted by Crippen LogP contribution is -2.47. The summed E-state index contributed by atoms with van der Waals surface area (Å²) >= 11 is 7.50. The van der Waals surface area contributed by atoms with Crippen LogP contribution in [0.15, 0.2) is 64.9 Å². The number of benzene rings is 2. The number of anilines is 1. The number of methoxy groups -OCH3 is 1. The molecule has 5 aromatic rings. The quantitative estimate of drug-likeness (QED) is 0.240. The molecule has 13 heteroatoms. The highest BCUT2D eigenvalue weighted by Gasteiger charge is 2.24. The average molecular weight is 621 g/mol. The van der Waals surface area contributed by atoms with Crippen molar-refractivity contribution in [3.63, 3.8) is 0 Å². The van der Waals surface area contributed by atoms with Gasteiger partial charge in [-0.1, -0.05) is 6.07 Å². The number of carboxylic acid groups (broad SMARTS) is 1. The predicted molar refractivity (Wildman–Crippen MR) is 167 cm³/mol. The van der Waals surface area contributed by atoms with E-state index in [0.29, 0.717) is 55.4 Å². The highest BCUT2D eigenvalue weighted by atomic mass is 32.1. The second-order valence-corrected chi connectivity index (χ2v) is 11.5. The molecule has 2 aromatic carbocycles. The van der Waals surface area contributed by atoms with Crippen LogP contribution < -0.4 is 15.1 Å². The third-order valence-electron chi connectivity index (χ3n) is 7.68. The molecule has 10 nitrogen and oxygen atoms in total. The fourth-order valence-electron chi connectivity index (χ4n) is 5.40. The standard InChI is InChI=1S/C30H29FN6O4S2/c1-3-34-17-22(29(39)40)27(38)21-15-23(31)25(16-24(21)34)35-12-10-33(11-13-35)18-36-30(42)37(19-6-8-20(41-2)9-7-19)28(32-36)26-5-4-14-43-26/h4-9,14-17H,3,10-13,18H2,1-2H3,(H,39,40). The summed E-state index contributed by atoms with van der Waals surface area (Å²) in [4.78, 5) is 29.5. The number of thiophene rings is 1. The van der Waals surface area contributed by atoms with E-state index in [0.717, 1.165) is 28.2 Å². The molecule has 3 aromatic heterocycles. The summed E-state index contributed by atoms with van der Waals surface area (Å²) in [5, 5.41) is 16.4. The van der Waals surface area contributed by atoms with Crippen LogP contribution in [0.1, 0.15) is 17.3 Å². The maximum atomic E-state index is 15.4. The Balaban J connectivity index is 1.25. The molecule has 1 aliphatic rings. The zero-order chi connectivity index (χ0) is 30.2. The first-order valence-corrected chi connectivity index (χ1v) is 15.0. The van der Waals surface area contributed by atoms with Gasteiger partial charge in [-0.25, -0.2) is 13.9 Å². The molecule has 0 bridgehead atoms. The van der Waals surface area contributed by atoms with Gasteiger partial charge in [0.1, 0.15) is 17.1 Å². The van der Waals surface area contributed by atoms with Crippen molar-refractivity contribution in [1.29, 1.82) is 0 Å². The van der Waals surface area contributed by atoms with Gasteiger partial charge >= 0.3 is 5.97 Å². The second-order valence-electron chi connectivity index (χ2n) is 10.1. The van der Waals surface area contributed by atoms with Gasteiger partial charge in [-0.05, 0) is 67.0 Å². The van der Waals surface area contributed by atoms with Crippen LogP contribution in [0.3, 0.4) is 0 Å². The maximum absolute atomic E-state index is 15.4. The number of carboxylic acids is 1. The second kappa shape index (κ2) is 11.7. The summed E-state index contributed by atoms with van der Waals surface area (Å²) < 4.78 is 26.7. The number of pyridine rings is 1. The zero-order valence-corrected chi connectivity index (χ0v) is 25.2. The van der Waals surface area contributed by atoms with E-state index in [9.17, 15) is 14.7 Å². The van der Waals surface area contributed by atoms with Gasteiger partial charge in [0.25, 0.3) is 0 Å². The van der Waals surface area contributed by atoms with E-state index in [4.69, 9.17) is 22.1 Å². The number of aromatic carboxylic acids is 1. The molecule has 0 radical (unpaired) electrons. The number of aryl methyl sites for hydroxylation is 1. The van der Waals surface area contributed by atoms with E-state index in [1.807, 2.05) is 62.9 Å². The minimum atomic E-state index is -1.33. The molecule has 4 heterocycles. The number of hydrogen-bond donors (Lipinski definition) is 1. The fraction of sp³-hybridized carbons (Fsp3) is 0.267. The molecule has 1 aliphatic heterocycles. The number of carbonyl (C=O) groups is 1. The van der Waals surface area contributed by atoms with Crippen molar-refractivity contribution in [3.8, 4) is 22.1 Å². The normalized spacial score (nSPS) is 14.0. The van der Waals surface area contributed by atoms with E-state index in [1.165, 1.54) is 6.20 Å².